The Labute approximate surface area is 187 Å². The number of likely N-dealkylation sites (tertiary alicyclic amines) is 2. The lowest BCUT2D eigenvalue weighted by Gasteiger charge is -2.33. The summed E-state index contributed by atoms with van der Waals surface area (Å²) >= 11 is 0. The summed E-state index contributed by atoms with van der Waals surface area (Å²) < 4.78 is 5.67. The van der Waals surface area contributed by atoms with Crippen molar-refractivity contribution in [3.63, 3.8) is 0 Å². The molecule has 2 heterocycles. The van der Waals surface area contributed by atoms with Crippen LogP contribution in [0.1, 0.15) is 50.7 Å². The first-order valence-corrected chi connectivity index (χ1v) is 11.7. The SMILES string of the molecule is CN=C(NCc1cccc(CN2CCCC2=O)c1)NC1CCN(CCOC(C)C)CC1. The summed E-state index contributed by atoms with van der Waals surface area (Å²) in [6, 6.07) is 8.92. The molecular weight excluding hydrogens is 390 g/mol. The second-order valence-corrected chi connectivity index (χ2v) is 8.84. The van der Waals surface area contributed by atoms with Crippen LogP contribution >= 0.6 is 0 Å². The summed E-state index contributed by atoms with van der Waals surface area (Å²) in [4.78, 5) is 20.7. The highest BCUT2D eigenvalue weighted by Crippen LogP contribution is 2.15. The number of rotatable bonds is 9. The fraction of sp³-hybridized carbons (Fsp3) is 0.667. The summed E-state index contributed by atoms with van der Waals surface area (Å²) in [5.74, 6) is 1.12. The third-order valence-corrected chi connectivity index (χ3v) is 6.01. The van der Waals surface area contributed by atoms with E-state index in [-0.39, 0.29) is 5.91 Å². The molecule has 2 saturated heterocycles. The highest BCUT2D eigenvalue weighted by Gasteiger charge is 2.21. The molecule has 1 amide bonds. The van der Waals surface area contributed by atoms with Gasteiger partial charge in [0.1, 0.15) is 0 Å². The number of amides is 1. The monoisotopic (exact) mass is 429 g/mol. The van der Waals surface area contributed by atoms with Crippen LogP contribution in [-0.4, -0.2) is 73.6 Å². The van der Waals surface area contributed by atoms with Crippen LogP contribution in [0.2, 0.25) is 0 Å². The van der Waals surface area contributed by atoms with E-state index in [1.54, 1.807) is 0 Å². The third-order valence-electron chi connectivity index (χ3n) is 6.01. The number of piperidine rings is 1. The summed E-state index contributed by atoms with van der Waals surface area (Å²) in [5, 5.41) is 7.02. The fourth-order valence-corrected chi connectivity index (χ4v) is 4.22. The molecule has 0 radical (unpaired) electrons. The van der Waals surface area contributed by atoms with Gasteiger partial charge in [0.25, 0.3) is 0 Å². The van der Waals surface area contributed by atoms with E-state index in [2.05, 4.69) is 58.6 Å². The lowest BCUT2D eigenvalue weighted by atomic mass is 10.1. The van der Waals surface area contributed by atoms with Crippen LogP contribution in [0.4, 0.5) is 0 Å². The van der Waals surface area contributed by atoms with Crippen LogP contribution in [0.5, 0.6) is 0 Å². The zero-order valence-corrected chi connectivity index (χ0v) is 19.4. The number of aliphatic imine (C=N–C) groups is 1. The van der Waals surface area contributed by atoms with E-state index in [4.69, 9.17) is 4.74 Å². The van der Waals surface area contributed by atoms with E-state index in [9.17, 15) is 4.79 Å². The van der Waals surface area contributed by atoms with E-state index in [0.717, 1.165) is 58.0 Å². The largest absolute Gasteiger partial charge is 0.377 e. The van der Waals surface area contributed by atoms with E-state index in [0.29, 0.717) is 31.7 Å². The average Bonchev–Trinajstić information content (AvgIpc) is 3.16. The standard InChI is InChI=1S/C24H39N5O2/c1-19(2)31-15-14-28-12-9-22(10-13-28)27-24(25-3)26-17-20-6-4-7-21(16-20)18-29-11-5-8-23(29)30/h4,6-7,16,19,22H,5,8-15,17-18H2,1-3H3,(H2,25,26,27). The summed E-state index contributed by atoms with van der Waals surface area (Å²) in [5.41, 5.74) is 2.39. The number of nitrogens with one attached hydrogen (secondary N) is 2. The quantitative estimate of drug-likeness (QED) is 0.466. The lowest BCUT2D eigenvalue weighted by molar-refractivity contribution is -0.128. The Balaban J connectivity index is 1.40. The minimum absolute atomic E-state index is 0.270. The molecular formula is C24H39N5O2. The first-order valence-electron chi connectivity index (χ1n) is 11.7. The van der Waals surface area contributed by atoms with Crippen molar-refractivity contribution in [3.05, 3.63) is 35.4 Å². The minimum Gasteiger partial charge on any atom is -0.377 e. The number of benzene rings is 1. The van der Waals surface area contributed by atoms with Gasteiger partial charge in [-0.15, -0.1) is 0 Å². The van der Waals surface area contributed by atoms with Crippen molar-refractivity contribution in [1.29, 1.82) is 0 Å². The molecule has 0 bridgehead atoms. The number of hydrogen-bond donors (Lipinski definition) is 2. The number of carbonyl (C=O) groups is 1. The van der Waals surface area contributed by atoms with Gasteiger partial charge in [0.2, 0.25) is 5.91 Å². The van der Waals surface area contributed by atoms with Gasteiger partial charge in [0.05, 0.1) is 12.7 Å². The van der Waals surface area contributed by atoms with Gasteiger partial charge in [0, 0.05) is 58.8 Å². The molecule has 2 fully saturated rings. The van der Waals surface area contributed by atoms with Crippen molar-refractivity contribution in [2.24, 2.45) is 4.99 Å². The topological polar surface area (TPSA) is 69.2 Å². The fourth-order valence-electron chi connectivity index (χ4n) is 4.22. The van der Waals surface area contributed by atoms with Gasteiger partial charge >= 0.3 is 0 Å². The van der Waals surface area contributed by atoms with Gasteiger partial charge in [-0.25, -0.2) is 0 Å². The Morgan fingerprint density at radius 1 is 1.23 bits per heavy atom. The second kappa shape index (κ2) is 12.1. The zero-order valence-electron chi connectivity index (χ0n) is 19.4. The molecule has 3 rings (SSSR count). The minimum atomic E-state index is 0.270. The van der Waals surface area contributed by atoms with Crippen molar-refractivity contribution in [2.45, 2.75) is 64.8 Å². The van der Waals surface area contributed by atoms with E-state index < -0.39 is 0 Å². The van der Waals surface area contributed by atoms with Crippen molar-refractivity contribution >= 4 is 11.9 Å². The molecule has 31 heavy (non-hydrogen) atoms. The maximum Gasteiger partial charge on any atom is 0.222 e. The molecule has 0 saturated carbocycles. The number of ether oxygens (including phenoxy) is 1. The van der Waals surface area contributed by atoms with Gasteiger partial charge in [-0.05, 0) is 44.2 Å². The Morgan fingerprint density at radius 2 is 2.00 bits per heavy atom. The molecule has 7 heteroatoms. The maximum absolute atomic E-state index is 11.9. The lowest BCUT2D eigenvalue weighted by Crippen LogP contribution is -2.49. The Hall–Kier alpha value is -2.12. The van der Waals surface area contributed by atoms with Gasteiger partial charge < -0.3 is 25.2 Å². The van der Waals surface area contributed by atoms with Crippen LogP contribution in [0.3, 0.4) is 0 Å². The summed E-state index contributed by atoms with van der Waals surface area (Å²) in [6.45, 7) is 10.5. The van der Waals surface area contributed by atoms with Crippen molar-refractivity contribution in [1.82, 2.24) is 20.4 Å². The smallest absolute Gasteiger partial charge is 0.222 e. The molecule has 0 spiro atoms. The predicted molar refractivity (Wildman–Crippen MR) is 125 cm³/mol. The van der Waals surface area contributed by atoms with Gasteiger partial charge in [-0.3, -0.25) is 9.79 Å². The molecule has 0 unspecified atom stereocenters. The molecule has 1 aromatic carbocycles. The average molecular weight is 430 g/mol. The van der Waals surface area contributed by atoms with E-state index in [1.807, 2.05) is 11.9 Å². The normalized spacial score (nSPS) is 18.8. The van der Waals surface area contributed by atoms with E-state index >= 15 is 0 Å². The highest BCUT2D eigenvalue weighted by atomic mass is 16.5. The van der Waals surface area contributed by atoms with E-state index in [1.165, 1.54) is 11.1 Å². The molecule has 0 aliphatic carbocycles. The molecule has 1 aromatic rings. The molecule has 0 atom stereocenters. The highest BCUT2D eigenvalue weighted by molar-refractivity contribution is 5.80. The first kappa shape index (κ1) is 23.5. The first-order chi connectivity index (χ1) is 15.0. The number of nitrogens with zero attached hydrogens (tertiary/aromatic N) is 3. The number of hydrogen-bond acceptors (Lipinski definition) is 4. The molecule has 0 aromatic heterocycles. The van der Waals surface area contributed by atoms with Crippen molar-refractivity contribution in [2.75, 3.05) is 39.8 Å². The molecule has 2 aliphatic rings. The molecule has 172 valence electrons. The van der Waals surface area contributed by atoms with Gasteiger partial charge in [0.15, 0.2) is 5.96 Å². The number of guanidine groups is 1. The summed E-state index contributed by atoms with van der Waals surface area (Å²) in [7, 11) is 1.82. The van der Waals surface area contributed by atoms with Gasteiger partial charge in [-0.2, -0.15) is 0 Å². The van der Waals surface area contributed by atoms with Gasteiger partial charge in [-0.1, -0.05) is 24.3 Å². The molecule has 2 aliphatic heterocycles. The van der Waals surface area contributed by atoms with Crippen LogP contribution in [0.15, 0.2) is 29.3 Å². The Bertz CT molecular complexity index is 728. The number of carbonyl (C=O) groups excluding carboxylic acids is 1. The van der Waals surface area contributed by atoms with Crippen molar-refractivity contribution in [3.8, 4) is 0 Å². The van der Waals surface area contributed by atoms with Crippen LogP contribution in [0, 0.1) is 0 Å². The molecule has 2 N–H and O–H groups in total. The Kier molecular flexibility index (Phi) is 9.15. The summed E-state index contributed by atoms with van der Waals surface area (Å²) in [6.07, 6.45) is 4.20. The van der Waals surface area contributed by atoms with Crippen molar-refractivity contribution < 1.29 is 9.53 Å². The Morgan fingerprint density at radius 3 is 2.68 bits per heavy atom. The molecule has 7 nitrogen and oxygen atoms in total. The van der Waals surface area contributed by atoms with Crippen LogP contribution < -0.4 is 10.6 Å². The third kappa shape index (κ3) is 7.82. The second-order valence-electron chi connectivity index (χ2n) is 8.84. The van der Waals surface area contributed by atoms with Crippen LogP contribution in [0.25, 0.3) is 0 Å². The zero-order chi connectivity index (χ0) is 22.1. The predicted octanol–water partition coefficient (Wildman–Crippen LogP) is 2.36. The van der Waals surface area contributed by atoms with Crippen LogP contribution in [-0.2, 0) is 22.6 Å². The maximum atomic E-state index is 11.9.